The Morgan fingerprint density at radius 3 is 2.23 bits per heavy atom. The van der Waals surface area contributed by atoms with E-state index < -0.39 is 45.8 Å². The molecule has 4 rings (SSSR count). The summed E-state index contributed by atoms with van der Waals surface area (Å²) in [5.74, 6) is -2.05. The van der Waals surface area contributed by atoms with E-state index in [4.69, 9.17) is 14.2 Å². The molecule has 3 saturated carbocycles. The lowest BCUT2D eigenvalue weighted by molar-refractivity contribution is -0.222. The van der Waals surface area contributed by atoms with Gasteiger partial charge < -0.3 is 24.4 Å². The molecule has 9 unspecified atom stereocenters. The van der Waals surface area contributed by atoms with Crippen molar-refractivity contribution in [3.8, 4) is 0 Å². The van der Waals surface area contributed by atoms with Crippen LogP contribution in [0.25, 0.3) is 0 Å². The van der Waals surface area contributed by atoms with Crippen LogP contribution in [-0.4, -0.2) is 61.2 Å². The van der Waals surface area contributed by atoms with Gasteiger partial charge in [-0.1, -0.05) is 44.9 Å². The highest BCUT2D eigenvalue weighted by Gasteiger charge is 2.72. The first-order valence-electron chi connectivity index (χ1n) is 14.6. The van der Waals surface area contributed by atoms with E-state index in [1.165, 1.54) is 21.3 Å². The van der Waals surface area contributed by atoms with Crippen LogP contribution in [0, 0.1) is 39.4 Å². The van der Waals surface area contributed by atoms with Gasteiger partial charge in [0.2, 0.25) is 0 Å². The smallest absolute Gasteiger partial charge is 0.333 e. The van der Waals surface area contributed by atoms with Gasteiger partial charge in [-0.05, 0) is 75.0 Å². The van der Waals surface area contributed by atoms with Gasteiger partial charge in [-0.2, -0.15) is 0 Å². The molecular weight excluding hydrogens is 512 g/mol. The fourth-order valence-corrected chi connectivity index (χ4v) is 9.79. The maximum atomic E-state index is 13.5. The Morgan fingerprint density at radius 2 is 1.65 bits per heavy atom. The van der Waals surface area contributed by atoms with E-state index in [0.717, 1.165) is 17.6 Å². The molecule has 8 nitrogen and oxygen atoms in total. The van der Waals surface area contributed by atoms with Gasteiger partial charge in [-0.15, -0.1) is 0 Å². The molecule has 40 heavy (non-hydrogen) atoms. The van der Waals surface area contributed by atoms with Crippen molar-refractivity contribution < 1.29 is 38.8 Å². The van der Waals surface area contributed by atoms with Crippen molar-refractivity contribution in [3.63, 3.8) is 0 Å². The number of esters is 3. The molecule has 0 aromatic heterocycles. The minimum Gasteiger partial charge on any atom is -0.469 e. The number of hydrogen-bond donors (Lipinski definition) is 2. The maximum absolute atomic E-state index is 13.5. The Kier molecular flexibility index (Phi) is 7.67. The Morgan fingerprint density at radius 1 is 1.00 bits per heavy atom. The molecule has 4 aliphatic carbocycles. The first kappa shape index (κ1) is 30.8. The molecule has 0 bridgehead atoms. The van der Waals surface area contributed by atoms with Crippen LogP contribution in [0.3, 0.4) is 0 Å². The highest BCUT2D eigenvalue weighted by Crippen LogP contribution is 2.74. The number of rotatable bonds is 4. The normalized spacial score (nSPS) is 45.6. The van der Waals surface area contributed by atoms with E-state index in [2.05, 4.69) is 26.8 Å². The third kappa shape index (κ3) is 3.88. The van der Waals surface area contributed by atoms with E-state index in [1.807, 2.05) is 6.92 Å². The van der Waals surface area contributed by atoms with Crippen molar-refractivity contribution in [1.29, 1.82) is 0 Å². The SMILES string of the molecule is COC(=O)CC1(C)C(=C(C)C(=O)OC)CCC2(C)C1CC=C1C3C(C)(O)C(C)CC(O)C3(C(=O)OC)CCC12C. The van der Waals surface area contributed by atoms with Crippen LogP contribution in [0.5, 0.6) is 0 Å². The quantitative estimate of drug-likeness (QED) is 0.223. The zero-order valence-electron chi connectivity index (χ0n) is 25.7. The van der Waals surface area contributed by atoms with Crippen molar-refractivity contribution in [2.24, 2.45) is 39.4 Å². The maximum Gasteiger partial charge on any atom is 0.333 e. The minimum absolute atomic E-state index is 0.0160. The minimum atomic E-state index is -1.24. The zero-order valence-corrected chi connectivity index (χ0v) is 25.7. The van der Waals surface area contributed by atoms with Gasteiger partial charge in [0, 0.05) is 16.9 Å². The summed E-state index contributed by atoms with van der Waals surface area (Å²) in [6, 6.07) is 0. The highest BCUT2D eigenvalue weighted by atomic mass is 16.5. The number of aliphatic hydroxyl groups excluding tert-OH is 1. The lowest BCUT2D eigenvalue weighted by Gasteiger charge is -2.69. The fraction of sp³-hybridized carbons (Fsp3) is 0.781. The summed E-state index contributed by atoms with van der Waals surface area (Å²) in [6.45, 7) is 12.1. The Labute approximate surface area is 238 Å². The Balaban J connectivity index is 1.94. The molecule has 0 aromatic carbocycles. The van der Waals surface area contributed by atoms with Crippen molar-refractivity contribution in [2.45, 2.75) is 98.2 Å². The topological polar surface area (TPSA) is 119 Å². The summed E-state index contributed by atoms with van der Waals surface area (Å²) in [7, 11) is 4.11. The van der Waals surface area contributed by atoms with Crippen molar-refractivity contribution >= 4 is 17.9 Å². The first-order chi connectivity index (χ1) is 18.5. The number of allylic oxidation sites excluding steroid dienone is 2. The van der Waals surface area contributed by atoms with Crippen LogP contribution < -0.4 is 0 Å². The molecule has 0 aromatic rings. The van der Waals surface area contributed by atoms with Crippen LogP contribution in [0.4, 0.5) is 0 Å². The molecule has 8 heteroatoms. The van der Waals surface area contributed by atoms with E-state index >= 15 is 0 Å². The molecule has 0 heterocycles. The number of carbonyl (C=O) groups is 3. The molecule has 0 amide bonds. The lowest BCUT2D eigenvalue weighted by atomic mass is 9.35. The number of ether oxygens (including phenoxy) is 3. The molecule has 224 valence electrons. The summed E-state index contributed by atoms with van der Waals surface area (Å²) in [5, 5.41) is 23.5. The van der Waals surface area contributed by atoms with E-state index in [0.29, 0.717) is 37.7 Å². The number of fused-ring (bicyclic) bond motifs is 5. The second kappa shape index (κ2) is 9.97. The third-order valence-corrected chi connectivity index (χ3v) is 12.5. The van der Waals surface area contributed by atoms with Gasteiger partial charge in [-0.25, -0.2) is 4.79 Å². The van der Waals surface area contributed by atoms with Crippen LogP contribution >= 0.6 is 0 Å². The van der Waals surface area contributed by atoms with Gasteiger partial charge in [0.05, 0.1) is 39.5 Å². The summed E-state index contributed by atoms with van der Waals surface area (Å²) in [4.78, 5) is 39.1. The zero-order chi connectivity index (χ0) is 30.1. The fourth-order valence-electron chi connectivity index (χ4n) is 9.79. The molecule has 9 atom stereocenters. The average Bonchev–Trinajstić information content (AvgIpc) is 2.90. The van der Waals surface area contributed by atoms with Crippen molar-refractivity contribution in [2.75, 3.05) is 21.3 Å². The molecule has 0 aliphatic heterocycles. The Bertz CT molecular complexity index is 1150. The number of hydrogen-bond acceptors (Lipinski definition) is 8. The third-order valence-electron chi connectivity index (χ3n) is 12.5. The Hall–Kier alpha value is -2.19. The number of aliphatic hydroxyl groups is 2. The van der Waals surface area contributed by atoms with Crippen LogP contribution in [0.2, 0.25) is 0 Å². The van der Waals surface area contributed by atoms with Crippen LogP contribution in [0.15, 0.2) is 22.8 Å². The number of methoxy groups -OCH3 is 3. The monoisotopic (exact) mass is 560 g/mol. The molecule has 0 saturated heterocycles. The summed E-state index contributed by atoms with van der Waals surface area (Å²) >= 11 is 0. The van der Waals surface area contributed by atoms with E-state index in [9.17, 15) is 24.6 Å². The average molecular weight is 561 g/mol. The van der Waals surface area contributed by atoms with Gasteiger partial charge in [-0.3, -0.25) is 9.59 Å². The summed E-state index contributed by atoms with van der Waals surface area (Å²) < 4.78 is 15.5. The molecular formula is C32H48O8. The van der Waals surface area contributed by atoms with Gasteiger partial charge >= 0.3 is 17.9 Å². The molecule has 4 aliphatic rings. The molecule has 0 radical (unpaired) electrons. The lowest BCUT2D eigenvalue weighted by Crippen LogP contribution is -2.69. The van der Waals surface area contributed by atoms with Crippen LogP contribution in [0.1, 0.15) is 86.5 Å². The van der Waals surface area contributed by atoms with E-state index in [1.54, 1.807) is 13.8 Å². The summed E-state index contributed by atoms with van der Waals surface area (Å²) in [6.07, 6.45) is 4.70. The van der Waals surface area contributed by atoms with Gasteiger partial charge in [0.1, 0.15) is 5.41 Å². The predicted octanol–water partition coefficient (Wildman–Crippen LogP) is 4.52. The van der Waals surface area contributed by atoms with Crippen LogP contribution in [-0.2, 0) is 28.6 Å². The second-order valence-corrected chi connectivity index (χ2v) is 13.8. The van der Waals surface area contributed by atoms with Gasteiger partial charge in [0.25, 0.3) is 0 Å². The summed E-state index contributed by atoms with van der Waals surface area (Å²) in [5.41, 5.74) is -1.41. The first-order valence-corrected chi connectivity index (χ1v) is 14.6. The van der Waals surface area contributed by atoms with Crippen molar-refractivity contribution in [3.05, 3.63) is 22.8 Å². The standard InChI is InChI=1S/C32H48O8/c1-18-16-23(33)32(27(36)40-9)15-14-29(4)21(25(32)31(18,6)37)10-11-22-28(3,17-24(34)38-7)20(12-13-30(22,29)5)19(2)26(35)39-8/h10,18,22-23,25,33,37H,11-17H2,1-9H3. The highest BCUT2D eigenvalue weighted by molar-refractivity contribution is 5.89. The van der Waals surface area contributed by atoms with Crippen molar-refractivity contribution in [1.82, 2.24) is 0 Å². The molecule has 2 N–H and O–H groups in total. The predicted molar refractivity (Wildman–Crippen MR) is 149 cm³/mol. The van der Waals surface area contributed by atoms with E-state index in [-0.39, 0.29) is 29.6 Å². The largest absolute Gasteiger partial charge is 0.469 e. The number of carbonyl (C=O) groups excluding carboxylic acids is 3. The van der Waals surface area contributed by atoms with Gasteiger partial charge in [0.15, 0.2) is 0 Å². The molecule has 0 spiro atoms. The molecule has 3 fully saturated rings. The second-order valence-electron chi connectivity index (χ2n) is 13.8.